The van der Waals surface area contributed by atoms with E-state index in [4.69, 9.17) is 5.73 Å². The molecular weight excluding hydrogens is 256 g/mol. The summed E-state index contributed by atoms with van der Waals surface area (Å²) in [6.07, 6.45) is 1.25. The fourth-order valence-corrected chi connectivity index (χ4v) is 2.12. The number of benzene rings is 1. The average molecular weight is 269 g/mol. The van der Waals surface area contributed by atoms with E-state index in [-0.39, 0.29) is 18.0 Å². The van der Waals surface area contributed by atoms with E-state index in [0.29, 0.717) is 6.42 Å². The van der Waals surface area contributed by atoms with Gasteiger partial charge < -0.3 is 11.1 Å². The summed E-state index contributed by atoms with van der Waals surface area (Å²) in [5.74, 6) is 0.0432. The third kappa shape index (κ3) is 2.58. The second kappa shape index (κ2) is 4.33. The number of carbonyl (C=O) groups excluding carboxylic acids is 1. The SMILES string of the molecule is NC1CC(=O)NC(c2ccc(Br)cc2)C1. The summed E-state index contributed by atoms with van der Waals surface area (Å²) >= 11 is 3.38. The molecule has 1 saturated heterocycles. The van der Waals surface area contributed by atoms with Gasteiger partial charge in [0.25, 0.3) is 0 Å². The summed E-state index contributed by atoms with van der Waals surface area (Å²) in [5, 5.41) is 2.95. The summed E-state index contributed by atoms with van der Waals surface area (Å²) in [6, 6.07) is 8.00. The molecule has 4 heteroatoms. The topological polar surface area (TPSA) is 55.1 Å². The minimum atomic E-state index is -0.0209. The van der Waals surface area contributed by atoms with Gasteiger partial charge >= 0.3 is 0 Å². The molecular formula is C11H13BrN2O. The molecule has 3 nitrogen and oxygen atoms in total. The molecule has 1 aliphatic rings. The molecule has 3 N–H and O–H groups in total. The molecule has 1 aromatic carbocycles. The van der Waals surface area contributed by atoms with Crippen LogP contribution in [0.1, 0.15) is 24.4 Å². The number of rotatable bonds is 1. The zero-order valence-electron chi connectivity index (χ0n) is 8.24. The molecule has 0 radical (unpaired) electrons. The Hall–Kier alpha value is -0.870. The van der Waals surface area contributed by atoms with Gasteiger partial charge in [-0.3, -0.25) is 4.79 Å². The Morgan fingerprint density at radius 3 is 2.60 bits per heavy atom. The minimum absolute atomic E-state index is 0.0209. The highest BCUT2D eigenvalue weighted by atomic mass is 79.9. The van der Waals surface area contributed by atoms with Crippen LogP contribution in [0.25, 0.3) is 0 Å². The van der Waals surface area contributed by atoms with E-state index >= 15 is 0 Å². The lowest BCUT2D eigenvalue weighted by atomic mass is 9.94. The summed E-state index contributed by atoms with van der Waals surface area (Å²) in [7, 11) is 0. The van der Waals surface area contributed by atoms with Gasteiger partial charge in [0.15, 0.2) is 0 Å². The number of hydrogen-bond donors (Lipinski definition) is 2. The van der Waals surface area contributed by atoms with Crippen LogP contribution in [0.5, 0.6) is 0 Å². The summed E-state index contributed by atoms with van der Waals surface area (Å²) < 4.78 is 1.04. The molecule has 0 spiro atoms. The molecule has 2 atom stereocenters. The van der Waals surface area contributed by atoms with Crippen molar-refractivity contribution in [2.24, 2.45) is 5.73 Å². The number of nitrogens with two attached hydrogens (primary N) is 1. The van der Waals surface area contributed by atoms with Crippen molar-refractivity contribution in [3.05, 3.63) is 34.3 Å². The predicted octanol–water partition coefficient (Wildman–Crippen LogP) is 1.73. The number of halogens is 1. The van der Waals surface area contributed by atoms with Crippen molar-refractivity contribution in [2.45, 2.75) is 24.9 Å². The Morgan fingerprint density at radius 2 is 2.00 bits per heavy atom. The van der Waals surface area contributed by atoms with Gasteiger partial charge in [0, 0.05) is 16.9 Å². The van der Waals surface area contributed by atoms with E-state index in [1.165, 1.54) is 0 Å². The Morgan fingerprint density at radius 1 is 1.33 bits per heavy atom. The lowest BCUT2D eigenvalue weighted by Gasteiger charge is -2.27. The molecule has 0 aliphatic carbocycles. The van der Waals surface area contributed by atoms with Crippen molar-refractivity contribution in [1.29, 1.82) is 0 Å². The van der Waals surface area contributed by atoms with Gasteiger partial charge in [0.1, 0.15) is 0 Å². The van der Waals surface area contributed by atoms with Gasteiger partial charge in [-0.05, 0) is 24.1 Å². The molecule has 0 bridgehead atoms. The molecule has 1 aliphatic heterocycles. The van der Waals surface area contributed by atoms with Crippen LogP contribution in [0.4, 0.5) is 0 Å². The molecule has 1 fully saturated rings. The van der Waals surface area contributed by atoms with Crippen LogP contribution < -0.4 is 11.1 Å². The largest absolute Gasteiger partial charge is 0.349 e. The molecule has 1 heterocycles. The zero-order valence-corrected chi connectivity index (χ0v) is 9.83. The third-order valence-electron chi connectivity index (χ3n) is 2.59. The molecule has 2 rings (SSSR count). The van der Waals surface area contributed by atoms with Gasteiger partial charge in [-0.25, -0.2) is 0 Å². The summed E-state index contributed by atoms with van der Waals surface area (Å²) in [5.41, 5.74) is 6.93. The number of amides is 1. The maximum Gasteiger partial charge on any atom is 0.222 e. The second-order valence-corrected chi connectivity index (χ2v) is 4.79. The van der Waals surface area contributed by atoms with Gasteiger partial charge in [-0.2, -0.15) is 0 Å². The van der Waals surface area contributed by atoms with Gasteiger partial charge in [-0.1, -0.05) is 28.1 Å². The summed E-state index contributed by atoms with van der Waals surface area (Å²) in [4.78, 5) is 11.3. The molecule has 0 aromatic heterocycles. The lowest BCUT2D eigenvalue weighted by molar-refractivity contribution is -0.123. The van der Waals surface area contributed by atoms with Crippen molar-refractivity contribution >= 4 is 21.8 Å². The normalized spacial score (nSPS) is 26.1. The quantitative estimate of drug-likeness (QED) is 0.815. The molecule has 1 amide bonds. The Labute approximate surface area is 97.2 Å². The molecule has 2 unspecified atom stereocenters. The van der Waals surface area contributed by atoms with Crippen molar-refractivity contribution < 1.29 is 4.79 Å². The van der Waals surface area contributed by atoms with E-state index in [0.717, 1.165) is 16.5 Å². The van der Waals surface area contributed by atoms with E-state index in [1.54, 1.807) is 0 Å². The molecule has 80 valence electrons. The van der Waals surface area contributed by atoms with Gasteiger partial charge in [-0.15, -0.1) is 0 Å². The van der Waals surface area contributed by atoms with Crippen LogP contribution >= 0.6 is 15.9 Å². The summed E-state index contributed by atoms with van der Waals surface area (Å²) in [6.45, 7) is 0. The maximum absolute atomic E-state index is 11.3. The first-order valence-corrected chi connectivity index (χ1v) is 5.75. The first kappa shape index (κ1) is 10.6. The van der Waals surface area contributed by atoms with Gasteiger partial charge in [0.05, 0.1) is 6.04 Å². The van der Waals surface area contributed by atoms with Crippen LogP contribution in [0.15, 0.2) is 28.7 Å². The van der Waals surface area contributed by atoms with E-state index < -0.39 is 0 Å². The highest BCUT2D eigenvalue weighted by Crippen LogP contribution is 2.24. The fraction of sp³-hybridized carbons (Fsp3) is 0.364. The van der Waals surface area contributed by atoms with E-state index in [1.807, 2.05) is 24.3 Å². The lowest BCUT2D eigenvalue weighted by Crippen LogP contribution is -2.42. The van der Waals surface area contributed by atoms with Crippen LogP contribution in [0.3, 0.4) is 0 Å². The Bertz CT molecular complexity index is 363. The Balaban J connectivity index is 2.16. The fourth-order valence-electron chi connectivity index (χ4n) is 1.85. The highest BCUT2D eigenvalue weighted by molar-refractivity contribution is 9.10. The third-order valence-corrected chi connectivity index (χ3v) is 3.12. The number of hydrogen-bond acceptors (Lipinski definition) is 2. The van der Waals surface area contributed by atoms with Crippen LogP contribution in [0, 0.1) is 0 Å². The van der Waals surface area contributed by atoms with Crippen LogP contribution in [-0.2, 0) is 4.79 Å². The minimum Gasteiger partial charge on any atom is -0.349 e. The highest BCUT2D eigenvalue weighted by Gasteiger charge is 2.24. The van der Waals surface area contributed by atoms with Crippen LogP contribution in [0.2, 0.25) is 0 Å². The number of nitrogens with one attached hydrogen (secondary N) is 1. The number of carbonyl (C=O) groups is 1. The number of piperidine rings is 1. The molecule has 15 heavy (non-hydrogen) atoms. The molecule has 0 saturated carbocycles. The van der Waals surface area contributed by atoms with Crippen molar-refractivity contribution in [3.8, 4) is 0 Å². The van der Waals surface area contributed by atoms with E-state index in [2.05, 4.69) is 21.2 Å². The average Bonchev–Trinajstić information content (AvgIpc) is 2.17. The molecule has 1 aromatic rings. The Kier molecular flexibility index (Phi) is 3.07. The first-order chi connectivity index (χ1) is 7.15. The zero-order chi connectivity index (χ0) is 10.8. The monoisotopic (exact) mass is 268 g/mol. The first-order valence-electron chi connectivity index (χ1n) is 4.95. The van der Waals surface area contributed by atoms with Crippen molar-refractivity contribution in [1.82, 2.24) is 5.32 Å². The second-order valence-electron chi connectivity index (χ2n) is 3.87. The van der Waals surface area contributed by atoms with Crippen molar-refractivity contribution in [2.75, 3.05) is 0 Å². The van der Waals surface area contributed by atoms with E-state index in [9.17, 15) is 4.79 Å². The van der Waals surface area contributed by atoms with Gasteiger partial charge in [0.2, 0.25) is 5.91 Å². The predicted molar refractivity (Wildman–Crippen MR) is 62.2 cm³/mol. The van der Waals surface area contributed by atoms with Crippen molar-refractivity contribution in [3.63, 3.8) is 0 Å². The van der Waals surface area contributed by atoms with Crippen LogP contribution in [-0.4, -0.2) is 11.9 Å². The smallest absolute Gasteiger partial charge is 0.222 e. The maximum atomic E-state index is 11.3. The standard InChI is InChI=1S/C11H13BrN2O/c12-8-3-1-7(2-4-8)10-5-9(13)6-11(15)14-10/h1-4,9-10H,5-6,13H2,(H,14,15).